The minimum Gasteiger partial charge on any atom is -0.497 e. The van der Waals surface area contributed by atoms with Gasteiger partial charge in [-0.3, -0.25) is 14.5 Å². The summed E-state index contributed by atoms with van der Waals surface area (Å²) in [7, 11) is 1.58. The lowest BCUT2D eigenvalue weighted by atomic mass is 10.1. The number of methoxy groups -OCH3 is 1. The maximum absolute atomic E-state index is 12.7. The first-order valence-electron chi connectivity index (χ1n) is 10.2. The van der Waals surface area contributed by atoms with Crippen molar-refractivity contribution in [2.75, 3.05) is 38.2 Å². The second kappa shape index (κ2) is 9.03. The van der Waals surface area contributed by atoms with Crippen molar-refractivity contribution in [1.82, 2.24) is 20.1 Å². The van der Waals surface area contributed by atoms with Crippen LogP contribution in [0.4, 0.5) is 10.6 Å². The monoisotopic (exact) mass is 423 g/mol. The van der Waals surface area contributed by atoms with Crippen molar-refractivity contribution in [3.05, 3.63) is 54.2 Å². The van der Waals surface area contributed by atoms with Gasteiger partial charge in [0.05, 0.1) is 20.1 Å². The van der Waals surface area contributed by atoms with Gasteiger partial charge in [0, 0.05) is 32.4 Å². The number of anilines is 1. The molecule has 0 aliphatic carbocycles. The number of pyridine rings is 1. The molecule has 2 fully saturated rings. The normalized spacial score (nSPS) is 18.9. The number of benzene rings is 1. The number of ether oxygens (including phenoxy) is 1. The Bertz CT molecular complexity index is 942. The first kappa shape index (κ1) is 20.6. The molecule has 2 aliphatic heterocycles. The number of nitrogens with one attached hydrogen (secondary N) is 1. The number of hydrogen-bond donors (Lipinski definition) is 1. The Morgan fingerprint density at radius 2 is 1.84 bits per heavy atom. The van der Waals surface area contributed by atoms with Crippen molar-refractivity contribution in [1.29, 1.82) is 0 Å². The number of aromatic nitrogens is 1. The van der Waals surface area contributed by atoms with E-state index in [2.05, 4.69) is 15.2 Å². The van der Waals surface area contributed by atoms with Crippen molar-refractivity contribution < 1.29 is 19.1 Å². The molecule has 9 nitrogen and oxygen atoms in total. The van der Waals surface area contributed by atoms with Crippen LogP contribution in [0, 0.1) is 0 Å². The summed E-state index contributed by atoms with van der Waals surface area (Å²) in [4.78, 5) is 47.1. The van der Waals surface area contributed by atoms with Crippen LogP contribution < -0.4 is 15.0 Å². The number of rotatable bonds is 6. The topological polar surface area (TPSA) is 95.1 Å². The highest BCUT2D eigenvalue weighted by Crippen LogP contribution is 2.18. The molecular weight excluding hydrogens is 398 g/mol. The highest BCUT2D eigenvalue weighted by molar-refractivity contribution is 6.05. The molecule has 0 bridgehead atoms. The van der Waals surface area contributed by atoms with Gasteiger partial charge in [-0.25, -0.2) is 9.78 Å². The third kappa shape index (κ3) is 4.60. The van der Waals surface area contributed by atoms with Crippen molar-refractivity contribution in [2.45, 2.75) is 19.0 Å². The summed E-state index contributed by atoms with van der Waals surface area (Å²) in [6.45, 7) is 2.62. The van der Waals surface area contributed by atoms with Gasteiger partial charge in [0.1, 0.15) is 17.6 Å². The van der Waals surface area contributed by atoms with Crippen LogP contribution in [0.2, 0.25) is 0 Å². The summed E-state index contributed by atoms with van der Waals surface area (Å²) in [5.74, 6) is 1.08. The third-order valence-corrected chi connectivity index (χ3v) is 5.59. The van der Waals surface area contributed by atoms with Gasteiger partial charge in [0.2, 0.25) is 5.91 Å². The molecular formula is C22H25N5O4. The second-order valence-corrected chi connectivity index (χ2v) is 7.53. The zero-order chi connectivity index (χ0) is 21.8. The van der Waals surface area contributed by atoms with Crippen molar-refractivity contribution in [3.8, 4) is 5.75 Å². The number of nitrogens with zero attached hydrogens (tertiary/aromatic N) is 4. The molecule has 2 aromatic rings. The van der Waals surface area contributed by atoms with E-state index in [1.165, 1.54) is 0 Å². The summed E-state index contributed by atoms with van der Waals surface area (Å²) < 4.78 is 5.12. The van der Waals surface area contributed by atoms with Gasteiger partial charge in [0.15, 0.2) is 0 Å². The molecule has 0 spiro atoms. The van der Waals surface area contributed by atoms with Crippen molar-refractivity contribution >= 4 is 23.7 Å². The maximum atomic E-state index is 12.7. The predicted molar refractivity (Wildman–Crippen MR) is 114 cm³/mol. The Hall–Kier alpha value is -3.62. The molecule has 2 saturated heterocycles. The van der Waals surface area contributed by atoms with Gasteiger partial charge in [-0.05, 0) is 29.8 Å². The zero-order valence-corrected chi connectivity index (χ0v) is 17.4. The van der Waals surface area contributed by atoms with E-state index in [9.17, 15) is 14.4 Å². The van der Waals surface area contributed by atoms with Gasteiger partial charge in [-0.15, -0.1) is 0 Å². The quantitative estimate of drug-likeness (QED) is 0.703. The molecule has 1 aromatic carbocycles. The molecule has 0 radical (unpaired) electrons. The molecule has 0 saturated carbocycles. The van der Waals surface area contributed by atoms with Gasteiger partial charge < -0.3 is 19.9 Å². The number of piperazine rings is 1. The minimum atomic E-state index is -0.827. The van der Waals surface area contributed by atoms with Crippen LogP contribution in [0.1, 0.15) is 12.0 Å². The fourth-order valence-electron chi connectivity index (χ4n) is 3.81. The van der Waals surface area contributed by atoms with Crippen LogP contribution >= 0.6 is 0 Å². The van der Waals surface area contributed by atoms with Gasteiger partial charge >= 0.3 is 6.03 Å². The highest BCUT2D eigenvalue weighted by atomic mass is 16.5. The minimum absolute atomic E-state index is 0.0345. The molecule has 3 heterocycles. The van der Waals surface area contributed by atoms with Crippen LogP contribution in [0.3, 0.4) is 0 Å². The molecule has 1 atom stereocenters. The molecule has 1 unspecified atom stereocenters. The van der Waals surface area contributed by atoms with Crippen molar-refractivity contribution in [3.63, 3.8) is 0 Å². The van der Waals surface area contributed by atoms with E-state index >= 15 is 0 Å². The Kier molecular flexibility index (Phi) is 6.01. The number of amides is 4. The van der Waals surface area contributed by atoms with E-state index in [1.807, 2.05) is 18.2 Å². The van der Waals surface area contributed by atoms with Crippen LogP contribution in [-0.4, -0.2) is 72.0 Å². The summed E-state index contributed by atoms with van der Waals surface area (Å²) in [6, 6.07) is 11.6. The first-order chi connectivity index (χ1) is 15.0. The van der Waals surface area contributed by atoms with Crippen LogP contribution in [0.15, 0.2) is 48.7 Å². The lowest BCUT2D eigenvalue weighted by Crippen LogP contribution is -2.50. The van der Waals surface area contributed by atoms with Crippen LogP contribution in [0.5, 0.6) is 5.75 Å². The predicted octanol–water partition coefficient (Wildman–Crippen LogP) is 1.25. The lowest BCUT2D eigenvalue weighted by Gasteiger charge is -2.35. The average molecular weight is 423 g/mol. The van der Waals surface area contributed by atoms with E-state index in [0.717, 1.165) is 16.3 Å². The molecule has 31 heavy (non-hydrogen) atoms. The molecule has 1 N–H and O–H groups in total. The molecule has 9 heteroatoms. The van der Waals surface area contributed by atoms with Gasteiger partial charge in [-0.1, -0.05) is 18.2 Å². The summed E-state index contributed by atoms with van der Waals surface area (Å²) in [6.07, 6.45) is 1.71. The molecule has 4 amide bonds. The third-order valence-electron chi connectivity index (χ3n) is 5.59. The highest BCUT2D eigenvalue weighted by Gasteiger charge is 2.40. The van der Waals surface area contributed by atoms with E-state index in [-0.39, 0.29) is 24.8 Å². The van der Waals surface area contributed by atoms with Crippen LogP contribution in [-0.2, 0) is 16.1 Å². The largest absolute Gasteiger partial charge is 0.497 e. The summed E-state index contributed by atoms with van der Waals surface area (Å²) in [5.41, 5.74) is 0.807. The smallest absolute Gasteiger partial charge is 0.325 e. The fraction of sp³-hybridized carbons (Fsp3) is 0.364. The standard InChI is InChI=1S/C22H25N5O4/c1-31-17-7-5-16(6-8-17)15-27-21(29)18(24-22(27)30)14-20(28)26-12-10-25(11-13-26)19-4-2-3-9-23-19/h2-9,18H,10-15H2,1H3,(H,24,30). The molecule has 4 rings (SSSR count). The molecule has 162 valence electrons. The Balaban J connectivity index is 1.30. The zero-order valence-electron chi connectivity index (χ0n) is 17.4. The number of hydrogen-bond acceptors (Lipinski definition) is 6. The lowest BCUT2D eigenvalue weighted by molar-refractivity contribution is -0.136. The van der Waals surface area contributed by atoms with E-state index in [0.29, 0.717) is 31.9 Å². The fourth-order valence-corrected chi connectivity index (χ4v) is 3.81. The molecule has 1 aromatic heterocycles. The summed E-state index contributed by atoms with van der Waals surface area (Å²) >= 11 is 0. The maximum Gasteiger partial charge on any atom is 0.325 e. The number of imide groups is 1. The number of urea groups is 1. The van der Waals surface area contributed by atoms with Crippen LogP contribution in [0.25, 0.3) is 0 Å². The summed E-state index contributed by atoms with van der Waals surface area (Å²) in [5, 5.41) is 2.65. The second-order valence-electron chi connectivity index (χ2n) is 7.53. The number of carbonyl (C=O) groups excluding carboxylic acids is 3. The Morgan fingerprint density at radius 3 is 2.48 bits per heavy atom. The van der Waals surface area contributed by atoms with Crippen molar-refractivity contribution in [2.24, 2.45) is 0 Å². The number of carbonyl (C=O) groups is 3. The van der Waals surface area contributed by atoms with Gasteiger partial charge in [-0.2, -0.15) is 0 Å². The van der Waals surface area contributed by atoms with E-state index < -0.39 is 12.1 Å². The first-order valence-corrected chi connectivity index (χ1v) is 10.2. The van der Waals surface area contributed by atoms with E-state index in [4.69, 9.17) is 4.74 Å². The molecule has 2 aliphatic rings. The average Bonchev–Trinajstić information content (AvgIpc) is 3.07. The Labute approximate surface area is 180 Å². The van der Waals surface area contributed by atoms with Gasteiger partial charge in [0.25, 0.3) is 5.91 Å². The van der Waals surface area contributed by atoms with E-state index in [1.54, 1.807) is 42.5 Å². The Morgan fingerprint density at radius 1 is 1.10 bits per heavy atom. The SMILES string of the molecule is COc1ccc(CN2C(=O)NC(CC(=O)N3CCN(c4ccccn4)CC3)C2=O)cc1.